The summed E-state index contributed by atoms with van der Waals surface area (Å²) in [5, 5.41) is 0. The van der Waals surface area contributed by atoms with E-state index >= 15 is 0 Å². The van der Waals surface area contributed by atoms with E-state index in [4.69, 9.17) is 0 Å². The van der Waals surface area contributed by atoms with Gasteiger partial charge in [0.25, 0.3) is 0 Å². The summed E-state index contributed by atoms with van der Waals surface area (Å²) < 4.78 is 54.1. The molecule has 22 heavy (non-hydrogen) atoms. The van der Waals surface area contributed by atoms with Crippen molar-refractivity contribution < 1.29 is 17.2 Å². The molecule has 1 saturated carbocycles. The van der Waals surface area contributed by atoms with Crippen LogP contribution in [0, 0.1) is 17.6 Å². The van der Waals surface area contributed by atoms with Gasteiger partial charge in [0.2, 0.25) is 10.0 Å². The van der Waals surface area contributed by atoms with Crippen molar-refractivity contribution in [1.29, 1.82) is 0 Å². The van der Waals surface area contributed by atoms with E-state index in [0.717, 1.165) is 30.5 Å². The summed E-state index contributed by atoms with van der Waals surface area (Å²) in [6.07, 6.45) is 1.85. The third-order valence-corrected chi connectivity index (χ3v) is 5.19. The smallest absolute Gasteiger partial charge is 0.207 e. The molecule has 3 nitrogen and oxygen atoms in total. The summed E-state index contributed by atoms with van der Waals surface area (Å²) in [7, 11) is -4.05. The zero-order valence-corrected chi connectivity index (χ0v) is 12.5. The highest BCUT2D eigenvalue weighted by molar-refractivity contribution is 7.89. The fourth-order valence-corrected chi connectivity index (χ4v) is 3.80. The van der Waals surface area contributed by atoms with Gasteiger partial charge in [-0.25, -0.2) is 21.9 Å². The molecule has 1 fully saturated rings. The first-order chi connectivity index (χ1) is 10.5. The minimum Gasteiger partial charge on any atom is -0.207 e. The van der Waals surface area contributed by atoms with E-state index in [9.17, 15) is 17.2 Å². The number of rotatable bonds is 5. The summed E-state index contributed by atoms with van der Waals surface area (Å²) in [5.41, 5.74) is 0.844. The van der Waals surface area contributed by atoms with Crippen LogP contribution >= 0.6 is 0 Å². The van der Waals surface area contributed by atoms with Crippen LogP contribution in [0.2, 0.25) is 0 Å². The molecule has 0 aliphatic heterocycles. The molecule has 1 aliphatic carbocycles. The van der Waals surface area contributed by atoms with Crippen LogP contribution in [0.3, 0.4) is 0 Å². The van der Waals surface area contributed by atoms with E-state index in [2.05, 4.69) is 4.72 Å². The standard InChI is InChI=1S/C16H15F2NO2S/c17-13-8-9-15(14(18)10-13)22(20,21)19-16(12-6-7-12)11-4-2-1-3-5-11/h1-5,8-10,12,16,19H,6-7H2/t16-/m1/s1. The maximum atomic E-state index is 13.8. The first kappa shape index (κ1) is 15.1. The highest BCUT2D eigenvalue weighted by atomic mass is 32.2. The van der Waals surface area contributed by atoms with Gasteiger partial charge < -0.3 is 0 Å². The van der Waals surface area contributed by atoms with Crippen LogP contribution in [0.4, 0.5) is 8.78 Å². The van der Waals surface area contributed by atoms with Crippen molar-refractivity contribution in [3.63, 3.8) is 0 Å². The number of nitrogens with one attached hydrogen (secondary N) is 1. The number of halogens is 2. The Balaban J connectivity index is 1.92. The molecule has 0 heterocycles. The van der Waals surface area contributed by atoms with Crippen LogP contribution in [0.5, 0.6) is 0 Å². The Morgan fingerprint density at radius 3 is 2.32 bits per heavy atom. The van der Waals surface area contributed by atoms with Gasteiger partial charge in [-0.3, -0.25) is 0 Å². The van der Waals surface area contributed by atoms with Crippen molar-refractivity contribution in [1.82, 2.24) is 4.72 Å². The molecular formula is C16H15F2NO2S. The Morgan fingerprint density at radius 2 is 1.73 bits per heavy atom. The summed E-state index contributed by atoms with van der Waals surface area (Å²) >= 11 is 0. The predicted octanol–water partition coefficient (Wildman–Crippen LogP) is 3.39. The third-order valence-electron chi connectivity index (χ3n) is 3.72. The zero-order valence-electron chi connectivity index (χ0n) is 11.7. The summed E-state index contributed by atoms with van der Waals surface area (Å²) in [6.45, 7) is 0. The van der Waals surface area contributed by atoms with Crippen molar-refractivity contribution >= 4 is 10.0 Å². The molecule has 0 spiro atoms. The molecule has 0 unspecified atom stereocenters. The largest absolute Gasteiger partial charge is 0.244 e. The molecule has 0 bridgehead atoms. The molecule has 2 aromatic carbocycles. The predicted molar refractivity (Wildman–Crippen MR) is 78.6 cm³/mol. The van der Waals surface area contributed by atoms with Gasteiger partial charge in [0.15, 0.2) is 0 Å². The Bertz CT molecular complexity index is 774. The molecule has 0 radical (unpaired) electrons. The summed E-state index contributed by atoms with van der Waals surface area (Å²) in [5.74, 6) is -1.69. The zero-order chi connectivity index (χ0) is 15.7. The fraction of sp³-hybridized carbons (Fsp3) is 0.250. The molecular weight excluding hydrogens is 308 g/mol. The van der Waals surface area contributed by atoms with Crippen LogP contribution in [0.1, 0.15) is 24.4 Å². The van der Waals surface area contributed by atoms with Crippen molar-refractivity contribution in [2.24, 2.45) is 5.92 Å². The van der Waals surface area contributed by atoms with Crippen LogP contribution in [-0.4, -0.2) is 8.42 Å². The van der Waals surface area contributed by atoms with Crippen molar-refractivity contribution in [3.8, 4) is 0 Å². The van der Waals surface area contributed by atoms with Crippen molar-refractivity contribution in [3.05, 3.63) is 65.7 Å². The molecule has 2 aromatic rings. The molecule has 0 amide bonds. The Kier molecular flexibility index (Phi) is 3.97. The summed E-state index contributed by atoms with van der Waals surface area (Å²) in [4.78, 5) is -0.532. The van der Waals surface area contributed by atoms with Crippen molar-refractivity contribution in [2.45, 2.75) is 23.8 Å². The second-order valence-electron chi connectivity index (χ2n) is 5.42. The van der Waals surface area contributed by atoms with Crippen LogP contribution < -0.4 is 4.72 Å². The van der Waals surface area contributed by atoms with Gasteiger partial charge in [-0.05, 0) is 36.5 Å². The molecule has 1 N–H and O–H groups in total. The highest BCUT2D eigenvalue weighted by Gasteiger charge is 2.36. The lowest BCUT2D eigenvalue weighted by Crippen LogP contribution is -2.30. The normalized spacial score (nSPS) is 16.5. The van der Waals surface area contributed by atoms with E-state index in [-0.39, 0.29) is 5.92 Å². The minimum absolute atomic E-state index is 0.209. The monoisotopic (exact) mass is 323 g/mol. The first-order valence-electron chi connectivity index (χ1n) is 7.00. The SMILES string of the molecule is O=S(=O)(N[C@H](c1ccccc1)C1CC1)c1ccc(F)cc1F. The van der Waals surface area contributed by atoms with Crippen LogP contribution in [0.25, 0.3) is 0 Å². The number of sulfonamides is 1. The van der Waals surface area contributed by atoms with Gasteiger partial charge in [-0.15, -0.1) is 0 Å². The van der Waals surface area contributed by atoms with Gasteiger partial charge in [-0.2, -0.15) is 0 Å². The van der Waals surface area contributed by atoms with E-state index in [1.165, 1.54) is 0 Å². The average molecular weight is 323 g/mol. The van der Waals surface area contributed by atoms with Gasteiger partial charge >= 0.3 is 0 Å². The maximum Gasteiger partial charge on any atom is 0.244 e. The first-order valence-corrected chi connectivity index (χ1v) is 8.48. The quantitative estimate of drug-likeness (QED) is 0.917. The lowest BCUT2D eigenvalue weighted by molar-refractivity contribution is 0.515. The third kappa shape index (κ3) is 3.18. The Morgan fingerprint density at radius 1 is 1.05 bits per heavy atom. The van der Waals surface area contributed by atoms with E-state index in [1.54, 1.807) is 0 Å². The molecule has 0 aromatic heterocycles. The van der Waals surface area contributed by atoms with Gasteiger partial charge in [-0.1, -0.05) is 30.3 Å². The second kappa shape index (κ2) is 5.78. The minimum atomic E-state index is -4.05. The molecule has 6 heteroatoms. The van der Waals surface area contributed by atoms with Gasteiger partial charge in [0.1, 0.15) is 16.5 Å². The number of benzene rings is 2. The number of hydrogen-bond donors (Lipinski definition) is 1. The molecule has 1 atom stereocenters. The molecule has 1 aliphatic rings. The highest BCUT2D eigenvalue weighted by Crippen LogP contribution is 2.41. The van der Waals surface area contributed by atoms with E-state index < -0.39 is 32.6 Å². The fourth-order valence-electron chi connectivity index (χ4n) is 2.45. The lowest BCUT2D eigenvalue weighted by Gasteiger charge is -2.19. The molecule has 0 saturated heterocycles. The Hall–Kier alpha value is -1.79. The van der Waals surface area contributed by atoms with Gasteiger partial charge in [0.05, 0.1) is 0 Å². The van der Waals surface area contributed by atoms with Crippen LogP contribution in [-0.2, 0) is 10.0 Å². The molecule has 116 valence electrons. The van der Waals surface area contributed by atoms with Gasteiger partial charge in [0, 0.05) is 12.1 Å². The van der Waals surface area contributed by atoms with Crippen molar-refractivity contribution in [2.75, 3.05) is 0 Å². The topological polar surface area (TPSA) is 46.2 Å². The van der Waals surface area contributed by atoms with E-state index in [1.807, 2.05) is 30.3 Å². The second-order valence-corrected chi connectivity index (χ2v) is 7.10. The van der Waals surface area contributed by atoms with Crippen LogP contribution in [0.15, 0.2) is 53.4 Å². The molecule has 3 rings (SSSR count). The Labute approximate surface area is 128 Å². The maximum absolute atomic E-state index is 13.8. The summed E-state index contributed by atoms with van der Waals surface area (Å²) in [6, 6.07) is 11.3. The van der Waals surface area contributed by atoms with E-state index in [0.29, 0.717) is 6.07 Å². The average Bonchev–Trinajstić information content (AvgIpc) is 3.30. The number of hydrogen-bond acceptors (Lipinski definition) is 2. The lowest BCUT2D eigenvalue weighted by atomic mass is 10.0.